The lowest BCUT2D eigenvalue weighted by atomic mass is 10.1. The lowest BCUT2D eigenvalue weighted by Crippen LogP contribution is -2.33. The molecule has 0 aliphatic rings. The van der Waals surface area contributed by atoms with Gasteiger partial charge in [0, 0.05) is 0 Å². The molecule has 1 aromatic carbocycles. The normalized spacial score (nSPS) is 10.3. The largest absolute Gasteiger partial charge is 0.468 e. The number of nitrogens with zero attached hydrogens (tertiary/aromatic N) is 2. The summed E-state index contributed by atoms with van der Waals surface area (Å²) >= 11 is 0. The molecule has 2 rings (SSSR count). The molecular formula is C17H19FN4O4. The fraction of sp³-hybridized carbons (Fsp3) is 0.294. The molecule has 0 spiro atoms. The highest BCUT2D eigenvalue weighted by atomic mass is 19.1. The van der Waals surface area contributed by atoms with Crippen LogP contribution in [-0.4, -0.2) is 41.2 Å². The summed E-state index contributed by atoms with van der Waals surface area (Å²) in [4.78, 5) is 35.0. The van der Waals surface area contributed by atoms with Crippen LogP contribution in [0.4, 0.5) is 10.1 Å². The number of anilines is 1. The third kappa shape index (κ3) is 5.40. The van der Waals surface area contributed by atoms with Gasteiger partial charge in [-0.15, -0.1) is 0 Å². The first-order chi connectivity index (χ1) is 12.4. The highest BCUT2D eigenvalue weighted by molar-refractivity contribution is 5.95. The van der Waals surface area contributed by atoms with Crippen molar-refractivity contribution in [1.82, 2.24) is 15.1 Å². The second-order valence-electron chi connectivity index (χ2n) is 5.51. The van der Waals surface area contributed by atoms with Gasteiger partial charge in [0.25, 0.3) is 0 Å². The van der Waals surface area contributed by atoms with Crippen molar-refractivity contribution in [1.29, 1.82) is 0 Å². The first kappa shape index (κ1) is 19.1. The number of ether oxygens (including phenoxy) is 1. The van der Waals surface area contributed by atoms with Crippen LogP contribution < -0.4 is 10.6 Å². The van der Waals surface area contributed by atoms with Crippen LogP contribution in [0.2, 0.25) is 0 Å². The maximum Gasteiger partial charge on any atom is 0.327 e. The highest BCUT2D eigenvalue weighted by Gasteiger charge is 2.13. The van der Waals surface area contributed by atoms with E-state index in [1.165, 1.54) is 36.2 Å². The summed E-state index contributed by atoms with van der Waals surface area (Å²) in [5.74, 6) is -1.73. The number of carbonyl (C=O) groups is 3. The van der Waals surface area contributed by atoms with E-state index in [0.29, 0.717) is 16.9 Å². The van der Waals surface area contributed by atoms with Gasteiger partial charge < -0.3 is 15.4 Å². The van der Waals surface area contributed by atoms with E-state index < -0.39 is 23.6 Å². The summed E-state index contributed by atoms with van der Waals surface area (Å²) in [7, 11) is 1.27. The molecule has 0 unspecified atom stereocenters. The van der Waals surface area contributed by atoms with E-state index >= 15 is 0 Å². The number of aromatic nitrogens is 2. The maximum atomic E-state index is 13.1. The molecule has 1 aromatic heterocycles. The molecule has 1 heterocycles. The van der Waals surface area contributed by atoms with Crippen molar-refractivity contribution in [3.05, 3.63) is 47.5 Å². The van der Waals surface area contributed by atoms with Gasteiger partial charge in [-0.3, -0.25) is 19.1 Å². The quantitative estimate of drug-likeness (QED) is 0.710. The average Bonchev–Trinajstić information content (AvgIpc) is 2.93. The third-order valence-electron chi connectivity index (χ3n) is 3.58. The number of hydrogen-bond acceptors (Lipinski definition) is 5. The second-order valence-corrected chi connectivity index (χ2v) is 5.51. The van der Waals surface area contributed by atoms with Gasteiger partial charge in [-0.1, -0.05) is 12.1 Å². The van der Waals surface area contributed by atoms with Crippen LogP contribution in [0, 0.1) is 12.7 Å². The smallest absolute Gasteiger partial charge is 0.327 e. The van der Waals surface area contributed by atoms with Crippen molar-refractivity contribution in [3.63, 3.8) is 0 Å². The number of rotatable bonds is 7. The summed E-state index contributed by atoms with van der Waals surface area (Å²) in [6.45, 7) is 1.38. The molecule has 0 aliphatic heterocycles. The summed E-state index contributed by atoms with van der Waals surface area (Å²) in [5.41, 5.74) is 1.52. The molecule has 0 saturated heterocycles. The van der Waals surface area contributed by atoms with Crippen molar-refractivity contribution >= 4 is 23.5 Å². The lowest BCUT2D eigenvalue weighted by molar-refractivity contribution is -0.141. The minimum atomic E-state index is -0.460. The molecule has 0 atom stereocenters. The van der Waals surface area contributed by atoms with Crippen molar-refractivity contribution in [3.8, 4) is 0 Å². The van der Waals surface area contributed by atoms with Gasteiger partial charge in [0.1, 0.15) is 12.4 Å². The predicted molar refractivity (Wildman–Crippen MR) is 90.7 cm³/mol. The van der Waals surface area contributed by atoms with Crippen LogP contribution in [0.25, 0.3) is 0 Å². The first-order valence-electron chi connectivity index (χ1n) is 7.79. The Morgan fingerprint density at radius 3 is 2.73 bits per heavy atom. The van der Waals surface area contributed by atoms with Crippen molar-refractivity contribution in [2.24, 2.45) is 0 Å². The zero-order chi connectivity index (χ0) is 19.1. The predicted octanol–water partition coefficient (Wildman–Crippen LogP) is 0.801. The summed E-state index contributed by atoms with van der Waals surface area (Å²) in [5, 5.41) is 9.06. The Balaban J connectivity index is 1.83. The topological polar surface area (TPSA) is 102 Å². The molecule has 26 heavy (non-hydrogen) atoms. The van der Waals surface area contributed by atoms with E-state index in [4.69, 9.17) is 0 Å². The third-order valence-corrected chi connectivity index (χ3v) is 3.58. The summed E-state index contributed by atoms with van der Waals surface area (Å²) in [6, 6.07) is 5.69. The van der Waals surface area contributed by atoms with Gasteiger partial charge in [0.05, 0.1) is 37.7 Å². The fourth-order valence-corrected chi connectivity index (χ4v) is 2.18. The van der Waals surface area contributed by atoms with Crippen LogP contribution in [0.5, 0.6) is 0 Å². The van der Waals surface area contributed by atoms with Crippen LogP contribution in [-0.2, 0) is 32.1 Å². The van der Waals surface area contributed by atoms with Gasteiger partial charge in [-0.25, -0.2) is 4.39 Å². The minimum absolute atomic E-state index is 0.0267. The minimum Gasteiger partial charge on any atom is -0.468 e. The summed E-state index contributed by atoms with van der Waals surface area (Å²) < 4.78 is 19.0. The zero-order valence-electron chi connectivity index (χ0n) is 14.4. The number of carbonyl (C=O) groups excluding carboxylic acids is 3. The highest BCUT2D eigenvalue weighted by Crippen LogP contribution is 2.13. The molecule has 138 valence electrons. The van der Waals surface area contributed by atoms with Crippen molar-refractivity contribution in [2.45, 2.75) is 19.9 Å². The van der Waals surface area contributed by atoms with Crippen LogP contribution >= 0.6 is 0 Å². The number of nitrogens with one attached hydrogen (secondary N) is 2. The van der Waals surface area contributed by atoms with Gasteiger partial charge in [-0.2, -0.15) is 5.10 Å². The molecule has 8 nitrogen and oxygen atoms in total. The van der Waals surface area contributed by atoms with E-state index in [0.717, 1.165) is 0 Å². The van der Waals surface area contributed by atoms with Crippen LogP contribution in [0.15, 0.2) is 30.5 Å². The number of benzene rings is 1. The molecule has 2 amide bonds. The number of esters is 1. The van der Waals surface area contributed by atoms with E-state index in [2.05, 4.69) is 20.5 Å². The zero-order valence-corrected chi connectivity index (χ0v) is 14.4. The Hall–Kier alpha value is -3.23. The number of amides is 2. The Morgan fingerprint density at radius 1 is 1.27 bits per heavy atom. The van der Waals surface area contributed by atoms with Crippen molar-refractivity contribution in [2.75, 3.05) is 19.0 Å². The molecule has 0 fully saturated rings. The molecule has 9 heteroatoms. The number of halogens is 1. The Bertz CT molecular complexity index is 819. The van der Waals surface area contributed by atoms with Crippen LogP contribution in [0.3, 0.4) is 0 Å². The Morgan fingerprint density at radius 2 is 2.04 bits per heavy atom. The summed E-state index contributed by atoms with van der Waals surface area (Å²) in [6.07, 6.45) is 1.38. The van der Waals surface area contributed by atoms with Crippen LogP contribution in [0.1, 0.15) is 11.3 Å². The van der Waals surface area contributed by atoms with Gasteiger partial charge in [-0.05, 0) is 24.6 Å². The maximum absolute atomic E-state index is 13.1. The molecule has 0 bridgehead atoms. The SMILES string of the molecule is COC(=O)Cn1ncc(NC(=O)CNC(=O)Cc2cccc(F)c2)c1C. The second kappa shape index (κ2) is 8.75. The number of methoxy groups -OCH3 is 1. The lowest BCUT2D eigenvalue weighted by Gasteiger charge is -2.07. The molecule has 0 aliphatic carbocycles. The average molecular weight is 362 g/mol. The van der Waals surface area contributed by atoms with E-state index in [9.17, 15) is 18.8 Å². The fourth-order valence-electron chi connectivity index (χ4n) is 2.18. The monoisotopic (exact) mass is 362 g/mol. The molecule has 0 saturated carbocycles. The van der Waals surface area contributed by atoms with Crippen molar-refractivity contribution < 1.29 is 23.5 Å². The molecule has 0 radical (unpaired) electrons. The van der Waals surface area contributed by atoms with Gasteiger partial charge in [0.2, 0.25) is 11.8 Å². The van der Waals surface area contributed by atoms with E-state index in [1.54, 1.807) is 13.0 Å². The molecule has 2 aromatic rings. The van der Waals surface area contributed by atoms with E-state index in [-0.39, 0.29) is 19.5 Å². The first-order valence-corrected chi connectivity index (χ1v) is 7.79. The van der Waals surface area contributed by atoms with E-state index in [1.807, 2.05) is 0 Å². The Labute approximate surface area is 149 Å². The Kier molecular flexibility index (Phi) is 6.42. The van der Waals surface area contributed by atoms with Gasteiger partial charge >= 0.3 is 5.97 Å². The standard InChI is InChI=1S/C17H19FN4O4/c1-11-14(8-20-22(11)10-17(25)26-2)21-16(24)9-19-15(23)7-12-4-3-5-13(18)6-12/h3-6,8H,7,9-10H2,1-2H3,(H,19,23)(H,21,24). The molecule has 2 N–H and O–H groups in total. The van der Waals surface area contributed by atoms with Gasteiger partial charge in [0.15, 0.2) is 0 Å². The molecular weight excluding hydrogens is 343 g/mol. The number of hydrogen-bond donors (Lipinski definition) is 2.